The Hall–Kier alpha value is -0.860. The third-order valence-corrected chi connectivity index (χ3v) is 3.33. The fraction of sp³-hybridized carbons (Fsp3) is 0.538. The number of likely N-dealkylation sites (tertiary alicyclic amines) is 1. The summed E-state index contributed by atoms with van der Waals surface area (Å²) in [5.41, 5.74) is 1.37. The Labute approximate surface area is 91.5 Å². The molecule has 82 valence electrons. The lowest BCUT2D eigenvalue weighted by molar-refractivity contribution is 0.0645. The molecular formula is C13H19NO. The molecule has 0 radical (unpaired) electrons. The molecule has 0 aromatic heterocycles. The van der Waals surface area contributed by atoms with Gasteiger partial charge in [-0.1, -0.05) is 30.3 Å². The van der Waals surface area contributed by atoms with E-state index in [4.69, 9.17) is 0 Å². The first kappa shape index (κ1) is 10.7. The Morgan fingerprint density at radius 2 is 1.80 bits per heavy atom. The fourth-order valence-electron chi connectivity index (χ4n) is 2.22. The Morgan fingerprint density at radius 3 is 2.40 bits per heavy atom. The molecule has 1 N–H and O–H groups in total. The number of rotatable bonds is 2. The maximum Gasteiger partial charge on any atom is 0.0564 e. The zero-order valence-corrected chi connectivity index (χ0v) is 9.26. The zero-order valence-electron chi connectivity index (χ0n) is 9.26. The number of piperidine rings is 1. The number of hydrogen-bond acceptors (Lipinski definition) is 2. The van der Waals surface area contributed by atoms with Gasteiger partial charge in [-0.15, -0.1) is 0 Å². The van der Waals surface area contributed by atoms with E-state index >= 15 is 0 Å². The van der Waals surface area contributed by atoms with Crippen molar-refractivity contribution in [1.82, 2.24) is 4.90 Å². The van der Waals surface area contributed by atoms with Crippen molar-refractivity contribution in [2.24, 2.45) is 0 Å². The van der Waals surface area contributed by atoms with Crippen LogP contribution in [0.1, 0.15) is 31.4 Å². The molecule has 2 nitrogen and oxygen atoms in total. The molecule has 1 aromatic carbocycles. The summed E-state index contributed by atoms with van der Waals surface area (Å²) >= 11 is 0. The molecule has 0 saturated carbocycles. The molecule has 1 fully saturated rings. The first-order chi connectivity index (χ1) is 7.27. The van der Waals surface area contributed by atoms with Crippen LogP contribution < -0.4 is 0 Å². The summed E-state index contributed by atoms with van der Waals surface area (Å²) in [6.07, 6.45) is 1.75. The summed E-state index contributed by atoms with van der Waals surface area (Å²) in [7, 11) is 0. The molecule has 2 rings (SSSR count). The minimum absolute atomic E-state index is 0.0794. The molecule has 0 unspecified atom stereocenters. The van der Waals surface area contributed by atoms with Crippen LogP contribution in [0.3, 0.4) is 0 Å². The molecule has 1 aliphatic heterocycles. The van der Waals surface area contributed by atoms with Gasteiger partial charge in [-0.2, -0.15) is 0 Å². The van der Waals surface area contributed by atoms with Gasteiger partial charge >= 0.3 is 0 Å². The monoisotopic (exact) mass is 205 g/mol. The average Bonchev–Trinajstić information content (AvgIpc) is 2.30. The van der Waals surface area contributed by atoms with Crippen LogP contribution in [-0.4, -0.2) is 29.2 Å². The van der Waals surface area contributed by atoms with E-state index in [2.05, 4.69) is 42.2 Å². The molecule has 1 atom stereocenters. The average molecular weight is 205 g/mol. The van der Waals surface area contributed by atoms with Gasteiger partial charge < -0.3 is 5.11 Å². The van der Waals surface area contributed by atoms with Crippen molar-refractivity contribution >= 4 is 0 Å². The highest BCUT2D eigenvalue weighted by atomic mass is 16.3. The van der Waals surface area contributed by atoms with Crippen molar-refractivity contribution in [3.05, 3.63) is 35.9 Å². The molecule has 1 heterocycles. The summed E-state index contributed by atoms with van der Waals surface area (Å²) in [6, 6.07) is 11.1. The van der Waals surface area contributed by atoms with E-state index in [9.17, 15) is 5.11 Å². The van der Waals surface area contributed by atoms with Crippen LogP contribution in [0.15, 0.2) is 30.3 Å². The summed E-state index contributed by atoms with van der Waals surface area (Å²) in [5, 5.41) is 9.45. The topological polar surface area (TPSA) is 23.5 Å². The lowest BCUT2D eigenvalue weighted by Gasteiger charge is -2.34. The smallest absolute Gasteiger partial charge is 0.0564 e. The van der Waals surface area contributed by atoms with Crippen molar-refractivity contribution in [3.8, 4) is 0 Å². The van der Waals surface area contributed by atoms with Gasteiger partial charge in [0.2, 0.25) is 0 Å². The second-order valence-corrected chi connectivity index (χ2v) is 4.35. The molecule has 0 amide bonds. The summed E-state index contributed by atoms with van der Waals surface area (Å²) < 4.78 is 0. The molecule has 2 heteroatoms. The van der Waals surface area contributed by atoms with E-state index < -0.39 is 0 Å². The molecule has 15 heavy (non-hydrogen) atoms. The van der Waals surface area contributed by atoms with Gasteiger partial charge in [0.1, 0.15) is 0 Å². The predicted octanol–water partition coefficient (Wildman–Crippen LogP) is 2.20. The molecule has 0 aliphatic carbocycles. The van der Waals surface area contributed by atoms with Crippen LogP contribution in [0.2, 0.25) is 0 Å². The highest BCUT2D eigenvalue weighted by molar-refractivity contribution is 5.18. The summed E-state index contributed by atoms with van der Waals surface area (Å²) in [5.74, 6) is 0. The fourth-order valence-corrected chi connectivity index (χ4v) is 2.22. The van der Waals surface area contributed by atoms with Crippen LogP contribution >= 0.6 is 0 Å². The first-order valence-corrected chi connectivity index (χ1v) is 5.74. The summed E-state index contributed by atoms with van der Waals surface area (Å²) in [6.45, 7) is 4.27. The van der Waals surface area contributed by atoms with E-state index in [-0.39, 0.29) is 6.10 Å². The van der Waals surface area contributed by atoms with Crippen LogP contribution in [0.25, 0.3) is 0 Å². The Kier molecular flexibility index (Phi) is 3.39. The number of hydrogen-bond donors (Lipinski definition) is 1. The van der Waals surface area contributed by atoms with Gasteiger partial charge in [0.25, 0.3) is 0 Å². The number of aliphatic hydroxyl groups excluding tert-OH is 1. The van der Waals surface area contributed by atoms with Crippen molar-refractivity contribution in [2.75, 3.05) is 13.1 Å². The van der Waals surface area contributed by atoms with Crippen LogP contribution in [0, 0.1) is 0 Å². The van der Waals surface area contributed by atoms with Gasteiger partial charge in [-0.05, 0) is 25.3 Å². The largest absolute Gasteiger partial charge is 0.393 e. The lowest BCUT2D eigenvalue weighted by Crippen LogP contribution is -2.37. The molecule has 1 saturated heterocycles. The second kappa shape index (κ2) is 4.77. The molecule has 1 aromatic rings. The number of aliphatic hydroxyl groups is 1. The molecule has 0 spiro atoms. The predicted molar refractivity (Wildman–Crippen MR) is 61.7 cm³/mol. The minimum Gasteiger partial charge on any atom is -0.393 e. The minimum atomic E-state index is -0.0794. The molecular weight excluding hydrogens is 186 g/mol. The normalized spacial score (nSPS) is 21.5. The first-order valence-electron chi connectivity index (χ1n) is 5.74. The van der Waals surface area contributed by atoms with Crippen LogP contribution in [-0.2, 0) is 0 Å². The molecule has 1 aliphatic rings. The SMILES string of the molecule is C[C@H](c1ccccc1)N1CCC(O)CC1. The van der Waals surface area contributed by atoms with Gasteiger partial charge in [-0.25, -0.2) is 0 Å². The van der Waals surface area contributed by atoms with E-state index in [0.29, 0.717) is 6.04 Å². The van der Waals surface area contributed by atoms with Gasteiger partial charge in [0.15, 0.2) is 0 Å². The van der Waals surface area contributed by atoms with Crippen LogP contribution in [0.4, 0.5) is 0 Å². The second-order valence-electron chi connectivity index (χ2n) is 4.35. The van der Waals surface area contributed by atoms with Crippen molar-refractivity contribution in [3.63, 3.8) is 0 Å². The van der Waals surface area contributed by atoms with Gasteiger partial charge in [-0.3, -0.25) is 4.90 Å². The van der Waals surface area contributed by atoms with E-state index in [1.807, 2.05) is 0 Å². The maximum absolute atomic E-state index is 9.45. The Balaban J connectivity index is 1.99. The lowest BCUT2D eigenvalue weighted by atomic mass is 10.0. The van der Waals surface area contributed by atoms with Crippen LogP contribution in [0.5, 0.6) is 0 Å². The quantitative estimate of drug-likeness (QED) is 0.800. The van der Waals surface area contributed by atoms with Gasteiger partial charge in [0, 0.05) is 19.1 Å². The van der Waals surface area contributed by atoms with E-state index in [1.54, 1.807) is 0 Å². The third-order valence-electron chi connectivity index (χ3n) is 3.33. The third kappa shape index (κ3) is 2.58. The number of nitrogens with zero attached hydrogens (tertiary/aromatic N) is 1. The summed E-state index contributed by atoms with van der Waals surface area (Å²) in [4.78, 5) is 2.45. The number of benzene rings is 1. The standard InChI is InChI=1S/C13H19NO/c1-11(12-5-3-2-4-6-12)14-9-7-13(15)8-10-14/h2-6,11,13,15H,7-10H2,1H3/t11-/m1/s1. The van der Waals surface area contributed by atoms with E-state index in [1.165, 1.54) is 5.56 Å². The highest BCUT2D eigenvalue weighted by Gasteiger charge is 2.21. The van der Waals surface area contributed by atoms with Gasteiger partial charge in [0.05, 0.1) is 6.10 Å². The maximum atomic E-state index is 9.45. The van der Waals surface area contributed by atoms with E-state index in [0.717, 1.165) is 25.9 Å². The zero-order chi connectivity index (χ0) is 10.7. The molecule has 0 bridgehead atoms. The van der Waals surface area contributed by atoms with Crippen molar-refractivity contribution in [1.29, 1.82) is 0 Å². The highest BCUT2D eigenvalue weighted by Crippen LogP contribution is 2.23. The van der Waals surface area contributed by atoms with Crippen molar-refractivity contribution < 1.29 is 5.11 Å². The van der Waals surface area contributed by atoms with Crippen molar-refractivity contribution in [2.45, 2.75) is 31.9 Å². The Bertz CT molecular complexity index is 291. The Morgan fingerprint density at radius 1 is 1.20 bits per heavy atom.